The van der Waals surface area contributed by atoms with Crippen LogP contribution in [0.15, 0.2) is 40.4 Å². The number of amides is 1. The highest BCUT2D eigenvalue weighted by Gasteiger charge is 2.19. The van der Waals surface area contributed by atoms with Crippen molar-refractivity contribution >= 4 is 29.4 Å². The fourth-order valence-electron chi connectivity index (χ4n) is 2.30. The third kappa shape index (κ3) is 3.81. The number of halogens is 1. The number of benzene rings is 1. The highest BCUT2D eigenvalue weighted by molar-refractivity contribution is 7.99. The van der Waals surface area contributed by atoms with Crippen LogP contribution in [-0.2, 0) is 12.3 Å². The van der Waals surface area contributed by atoms with Crippen molar-refractivity contribution in [1.29, 1.82) is 0 Å². The van der Waals surface area contributed by atoms with Gasteiger partial charge in [-0.15, -0.1) is 0 Å². The molecule has 3 rings (SSSR count). The molecule has 2 heterocycles. The molecule has 1 N–H and O–H groups in total. The van der Waals surface area contributed by atoms with E-state index in [0.717, 1.165) is 5.75 Å². The van der Waals surface area contributed by atoms with Crippen LogP contribution in [0.4, 0.5) is 4.39 Å². The number of thioether (sulfide) groups is 2. The lowest BCUT2D eigenvalue weighted by atomic mass is 10.2. The van der Waals surface area contributed by atoms with E-state index >= 15 is 0 Å². The molecule has 1 amide bonds. The summed E-state index contributed by atoms with van der Waals surface area (Å²) in [5.74, 6) is 1.36. The zero-order valence-corrected chi connectivity index (χ0v) is 14.5. The Morgan fingerprint density at radius 1 is 1.42 bits per heavy atom. The number of fused-ring (bicyclic) bond motifs is 1. The fraction of sp³-hybridized carbons (Fsp3) is 0.312. The number of hydrogen-bond acceptors (Lipinski definition) is 5. The van der Waals surface area contributed by atoms with E-state index < -0.39 is 5.91 Å². The molecule has 0 bridgehead atoms. The largest absolute Gasteiger partial charge is 0.351 e. The van der Waals surface area contributed by atoms with Gasteiger partial charge >= 0.3 is 0 Å². The first-order valence-electron chi connectivity index (χ1n) is 7.49. The quantitative estimate of drug-likeness (QED) is 0.628. The second-order valence-corrected chi connectivity index (χ2v) is 7.33. The molecule has 0 unspecified atom stereocenters. The molecule has 2 aromatic rings. The molecule has 8 heteroatoms. The second kappa shape index (κ2) is 7.85. The monoisotopic (exact) mass is 365 g/mol. The van der Waals surface area contributed by atoms with Gasteiger partial charge in [0.1, 0.15) is 11.4 Å². The van der Waals surface area contributed by atoms with Crippen molar-refractivity contribution in [2.45, 2.75) is 17.5 Å². The molecular formula is C16H16FN3O2S2. The van der Waals surface area contributed by atoms with Gasteiger partial charge in [0.25, 0.3) is 11.5 Å². The summed E-state index contributed by atoms with van der Waals surface area (Å²) in [6.45, 7) is 0.999. The van der Waals surface area contributed by atoms with Gasteiger partial charge in [-0.25, -0.2) is 9.37 Å². The number of aromatic nitrogens is 2. The zero-order chi connectivity index (χ0) is 16.9. The number of hydrogen-bond donors (Lipinski definition) is 1. The van der Waals surface area contributed by atoms with Gasteiger partial charge in [-0.05, 0) is 11.6 Å². The normalized spacial score (nSPS) is 12.9. The highest BCUT2D eigenvalue weighted by Crippen LogP contribution is 2.20. The van der Waals surface area contributed by atoms with Crippen molar-refractivity contribution in [3.63, 3.8) is 0 Å². The van der Waals surface area contributed by atoms with Crippen LogP contribution < -0.4 is 10.9 Å². The SMILES string of the molecule is O=C(NCCSCc1ccccc1F)c1cnc2n(c1=O)CCS2. The maximum Gasteiger partial charge on any atom is 0.267 e. The van der Waals surface area contributed by atoms with Gasteiger partial charge in [0.2, 0.25) is 0 Å². The molecule has 0 aliphatic carbocycles. The summed E-state index contributed by atoms with van der Waals surface area (Å²) in [7, 11) is 0. The molecular weight excluding hydrogens is 349 g/mol. The van der Waals surface area contributed by atoms with Crippen molar-refractivity contribution in [2.24, 2.45) is 0 Å². The van der Waals surface area contributed by atoms with Crippen molar-refractivity contribution in [2.75, 3.05) is 18.1 Å². The van der Waals surface area contributed by atoms with Gasteiger partial charge < -0.3 is 5.32 Å². The molecule has 0 radical (unpaired) electrons. The molecule has 1 aliphatic heterocycles. The fourth-order valence-corrected chi connectivity index (χ4v) is 4.06. The summed E-state index contributed by atoms with van der Waals surface area (Å²) in [5.41, 5.74) is 0.425. The van der Waals surface area contributed by atoms with Crippen molar-refractivity contribution in [3.8, 4) is 0 Å². The van der Waals surface area contributed by atoms with E-state index in [1.54, 1.807) is 18.2 Å². The molecule has 0 atom stereocenters. The minimum atomic E-state index is -0.411. The van der Waals surface area contributed by atoms with E-state index in [1.165, 1.54) is 40.4 Å². The van der Waals surface area contributed by atoms with E-state index in [0.29, 0.717) is 35.3 Å². The van der Waals surface area contributed by atoms with E-state index in [-0.39, 0.29) is 16.9 Å². The summed E-state index contributed by atoms with van der Waals surface area (Å²) in [6.07, 6.45) is 1.34. The molecule has 1 aliphatic rings. The summed E-state index contributed by atoms with van der Waals surface area (Å²) < 4.78 is 15.0. The number of rotatable bonds is 6. The van der Waals surface area contributed by atoms with Crippen LogP contribution in [0.5, 0.6) is 0 Å². The molecule has 0 spiro atoms. The van der Waals surface area contributed by atoms with Gasteiger partial charge in [0.15, 0.2) is 5.16 Å². The van der Waals surface area contributed by atoms with Crippen LogP contribution in [0.1, 0.15) is 15.9 Å². The average molecular weight is 365 g/mol. The van der Waals surface area contributed by atoms with Crippen LogP contribution in [0.2, 0.25) is 0 Å². The molecule has 126 valence electrons. The van der Waals surface area contributed by atoms with E-state index in [4.69, 9.17) is 0 Å². The summed E-state index contributed by atoms with van der Waals surface area (Å²) in [5, 5.41) is 3.38. The summed E-state index contributed by atoms with van der Waals surface area (Å²) in [6, 6.07) is 6.64. The Morgan fingerprint density at radius 3 is 3.08 bits per heavy atom. The molecule has 5 nitrogen and oxygen atoms in total. The Morgan fingerprint density at radius 2 is 2.25 bits per heavy atom. The summed E-state index contributed by atoms with van der Waals surface area (Å²) >= 11 is 3.04. The second-order valence-electron chi connectivity index (χ2n) is 5.16. The minimum Gasteiger partial charge on any atom is -0.351 e. The third-order valence-corrected chi connectivity index (χ3v) is 5.53. The Bertz CT molecular complexity index is 810. The van der Waals surface area contributed by atoms with Gasteiger partial charge in [-0.3, -0.25) is 14.2 Å². The molecule has 0 saturated carbocycles. The first-order valence-corrected chi connectivity index (χ1v) is 9.63. The van der Waals surface area contributed by atoms with Crippen LogP contribution in [0.25, 0.3) is 0 Å². The predicted octanol–water partition coefficient (Wildman–Crippen LogP) is 2.15. The number of carbonyl (C=O) groups excluding carboxylic acids is 1. The Hall–Kier alpha value is -1.80. The van der Waals surface area contributed by atoms with Gasteiger partial charge in [0.05, 0.1) is 0 Å². The number of nitrogens with one attached hydrogen (secondary N) is 1. The Balaban J connectivity index is 1.48. The van der Waals surface area contributed by atoms with Gasteiger partial charge in [-0.1, -0.05) is 30.0 Å². The van der Waals surface area contributed by atoms with Crippen LogP contribution in [0.3, 0.4) is 0 Å². The topological polar surface area (TPSA) is 64.0 Å². The maximum absolute atomic E-state index is 13.5. The molecule has 0 fully saturated rings. The smallest absolute Gasteiger partial charge is 0.267 e. The van der Waals surface area contributed by atoms with E-state index in [1.807, 2.05) is 0 Å². The van der Waals surface area contributed by atoms with Gasteiger partial charge in [0, 0.05) is 36.5 Å². The van der Waals surface area contributed by atoms with Crippen molar-refractivity contribution in [3.05, 3.63) is 57.8 Å². The molecule has 0 saturated heterocycles. The van der Waals surface area contributed by atoms with Crippen molar-refractivity contribution < 1.29 is 9.18 Å². The first-order chi connectivity index (χ1) is 11.7. The third-order valence-electron chi connectivity index (χ3n) is 3.55. The van der Waals surface area contributed by atoms with Crippen LogP contribution in [0, 0.1) is 5.82 Å². The highest BCUT2D eigenvalue weighted by atomic mass is 32.2. The molecule has 1 aromatic heterocycles. The minimum absolute atomic E-state index is 0.0698. The predicted molar refractivity (Wildman–Crippen MR) is 94.1 cm³/mol. The first kappa shape index (κ1) is 17.0. The number of nitrogens with zero attached hydrogens (tertiary/aromatic N) is 2. The molecule has 1 aromatic carbocycles. The lowest BCUT2D eigenvalue weighted by molar-refractivity contribution is 0.0953. The van der Waals surface area contributed by atoms with Crippen LogP contribution >= 0.6 is 23.5 Å². The lowest BCUT2D eigenvalue weighted by Crippen LogP contribution is -2.34. The van der Waals surface area contributed by atoms with E-state index in [2.05, 4.69) is 10.3 Å². The summed E-state index contributed by atoms with van der Waals surface area (Å²) in [4.78, 5) is 28.5. The standard InChI is InChI=1S/C16H16FN3O2S2/c17-13-4-2-1-3-11(13)10-23-7-5-18-14(21)12-9-19-16-20(15(12)22)6-8-24-16/h1-4,9H,5-8,10H2,(H,18,21). The lowest BCUT2D eigenvalue weighted by Gasteiger charge is -2.07. The Labute approximate surface area is 147 Å². The van der Waals surface area contributed by atoms with Crippen molar-refractivity contribution in [1.82, 2.24) is 14.9 Å². The molecule has 24 heavy (non-hydrogen) atoms. The maximum atomic E-state index is 13.5. The Kier molecular flexibility index (Phi) is 5.57. The van der Waals surface area contributed by atoms with E-state index in [9.17, 15) is 14.0 Å². The number of carbonyl (C=O) groups is 1. The zero-order valence-electron chi connectivity index (χ0n) is 12.8. The van der Waals surface area contributed by atoms with Gasteiger partial charge in [-0.2, -0.15) is 11.8 Å². The van der Waals surface area contributed by atoms with Crippen LogP contribution in [-0.4, -0.2) is 33.5 Å². The average Bonchev–Trinajstić information content (AvgIpc) is 3.06.